The topological polar surface area (TPSA) is 0 Å². The third-order valence-corrected chi connectivity index (χ3v) is 4.26. The van der Waals surface area contributed by atoms with Crippen molar-refractivity contribution >= 4 is 22.4 Å². The Kier molecular flexibility index (Phi) is 3.73. The van der Waals surface area contributed by atoms with Crippen molar-refractivity contribution in [3.8, 4) is 0 Å². The van der Waals surface area contributed by atoms with Gasteiger partial charge >= 0.3 is 0 Å². The van der Waals surface area contributed by atoms with Crippen LogP contribution in [0.2, 0.25) is 0 Å². The molecule has 0 N–H and O–H groups in total. The van der Waals surface area contributed by atoms with Crippen LogP contribution in [0, 0.1) is 12.8 Å². The molecule has 0 aliphatic rings. The second-order valence-electron chi connectivity index (χ2n) is 4.80. The first-order chi connectivity index (χ1) is 8.15. The maximum Gasteiger partial charge on any atom is 0.0619 e. The molecular weight excluding hydrogens is 228 g/mol. The third kappa shape index (κ3) is 2.32. The minimum Gasteiger partial charge on any atom is -0.117 e. The van der Waals surface area contributed by atoms with Crippen LogP contribution in [0.5, 0.6) is 0 Å². The second-order valence-corrected chi connectivity index (χ2v) is 5.27. The van der Waals surface area contributed by atoms with Crippen LogP contribution in [0.4, 0.5) is 0 Å². The molecule has 0 aliphatic heterocycles. The molecule has 2 aromatic rings. The Labute approximate surface area is 109 Å². The summed E-state index contributed by atoms with van der Waals surface area (Å²) >= 11 is 6.64. The maximum absolute atomic E-state index is 6.64. The Bertz CT molecular complexity index is 516. The summed E-state index contributed by atoms with van der Waals surface area (Å²) in [4.78, 5) is 0. The first-order valence-electron chi connectivity index (χ1n) is 6.27. The van der Waals surface area contributed by atoms with Gasteiger partial charge in [0.25, 0.3) is 0 Å². The highest BCUT2D eigenvalue weighted by Gasteiger charge is 2.19. The summed E-state index contributed by atoms with van der Waals surface area (Å²) in [5.41, 5.74) is 2.60. The average molecular weight is 247 g/mol. The van der Waals surface area contributed by atoms with E-state index in [0.717, 1.165) is 6.42 Å². The molecule has 0 aromatic heterocycles. The van der Waals surface area contributed by atoms with Gasteiger partial charge < -0.3 is 0 Å². The molecule has 2 rings (SSSR count). The van der Waals surface area contributed by atoms with Gasteiger partial charge in [0.15, 0.2) is 0 Å². The van der Waals surface area contributed by atoms with Crippen molar-refractivity contribution in [2.24, 2.45) is 5.92 Å². The van der Waals surface area contributed by atoms with Gasteiger partial charge in [-0.3, -0.25) is 0 Å². The number of benzene rings is 2. The molecule has 0 saturated heterocycles. The van der Waals surface area contributed by atoms with Gasteiger partial charge in [0.2, 0.25) is 0 Å². The van der Waals surface area contributed by atoms with Gasteiger partial charge in [0, 0.05) is 0 Å². The molecule has 0 nitrogen and oxygen atoms in total. The summed E-state index contributed by atoms with van der Waals surface area (Å²) in [5, 5.41) is 2.68. The minimum atomic E-state index is 0.103. The summed E-state index contributed by atoms with van der Waals surface area (Å²) in [5.74, 6) is 0.501. The van der Waals surface area contributed by atoms with E-state index in [9.17, 15) is 0 Å². The molecule has 0 radical (unpaired) electrons. The number of rotatable bonds is 3. The van der Waals surface area contributed by atoms with Crippen LogP contribution >= 0.6 is 11.6 Å². The lowest BCUT2D eigenvalue weighted by Gasteiger charge is -2.20. The minimum absolute atomic E-state index is 0.103. The lowest BCUT2D eigenvalue weighted by molar-refractivity contribution is 0.543. The van der Waals surface area contributed by atoms with E-state index in [1.54, 1.807) is 0 Å². The van der Waals surface area contributed by atoms with Gasteiger partial charge in [-0.05, 0) is 34.7 Å². The molecule has 0 spiro atoms. The van der Waals surface area contributed by atoms with Crippen LogP contribution < -0.4 is 0 Å². The average Bonchev–Trinajstić information content (AvgIpc) is 2.37. The monoisotopic (exact) mass is 246 g/mol. The van der Waals surface area contributed by atoms with Crippen molar-refractivity contribution in [2.45, 2.75) is 32.6 Å². The van der Waals surface area contributed by atoms with Crippen LogP contribution in [0.15, 0.2) is 36.4 Å². The van der Waals surface area contributed by atoms with Crippen LogP contribution in [0.1, 0.15) is 36.8 Å². The number of alkyl halides is 1. The highest BCUT2D eigenvalue weighted by Crippen LogP contribution is 2.37. The van der Waals surface area contributed by atoms with Crippen molar-refractivity contribution in [3.05, 3.63) is 47.5 Å². The lowest BCUT2D eigenvalue weighted by atomic mass is 9.91. The van der Waals surface area contributed by atoms with Crippen LogP contribution in [0.25, 0.3) is 10.8 Å². The van der Waals surface area contributed by atoms with E-state index in [4.69, 9.17) is 11.6 Å². The van der Waals surface area contributed by atoms with Crippen molar-refractivity contribution < 1.29 is 0 Å². The van der Waals surface area contributed by atoms with E-state index in [-0.39, 0.29) is 5.38 Å². The van der Waals surface area contributed by atoms with Gasteiger partial charge in [-0.1, -0.05) is 56.7 Å². The second kappa shape index (κ2) is 5.10. The fourth-order valence-corrected chi connectivity index (χ4v) is 2.73. The molecule has 0 fully saturated rings. The molecule has 17 heavy (non-hydrogen) atoms. The zero-order valence-electron chi connectivity index (χ0n) is 10.7. The Balaban J connectivity index is 2.62. The van der Waals surface area contributed by atoms with E-state index in [1.165, 1.54) is 21.9 Å². The first kappa shape index (κ1) is 12.4. The normalized spacial score (nSPS) is 14.8. The van der Waals surface area contributed by atoms with E-state index in [2.05, 4.69) is 57.2 Å². The zero-order chi connectivity index (χ0) is 12.4. The number of aryl methyl sites for hydroxylation is 1. The molecular formula is C16H19Cl. The molecule has 2 unspecified atom stereocenters. The Morgan fingerprint density at radius 3 is 2.53 bits per heavy atom. The van der Waals surface area contributed by atoms with Crippen molar-refractivity contribution in [2.75, 3.05) is 0 Å². The SMILES string of the molecule is CCC(C)C(Cl)c1c(C)ccc2ccccc12. The number of fused-ring (bicyclic) bond motifs is 1. The van der Waals surface area contributed by atoms with Crippen molar-refractivity contribution in [1.82, 2.24) is 0 Å². The number of halogens is 1. The van der Waals surface area contributed by atoms with E-state index in [1.807, 2.05) is 0 Å². The summed E-state index contributed by atoms with van der Waals surface area (Å²) < 4.78 is 0. The van der Waals surface area contributed by atoms with Crippen LogP contribution in [0.3, 0.4) is 0 Å². The standard InChI is InChI=1S/C16H19Cl/c1-4-11(2)16(17)15-12(3)9-10-13-7-5-6-8-14(13)15/h5-11,16H,4H2,1-3H3. The van der Waals surface area contributed by atoms with Gasteiger partial charge in [0.1, 0.15) is 0 Å². The van der Waals surface area contributed by atoms with Gasteiger partial charge in [-0.15, -0.1) is 11.6 Å². The van der Waals surface area contributed by atoms with Gasteiger partial charge in [0.05, 0.1) is 5.38 Å². The molecule has 1 heteroatoms. The lowest BCUT2D eigenvalue weighted by Crippen LogP contribution is -2.05. The Morgan fingerprint density at radius 2 is 1.82 bits per heavy atom. The van der Waals surface area contributed by atoms with Crippen molar-refractivity contribution in [3.63, 3.8) is 0 Å². The highest BCUT2D eigenvalue weighted by molar-refractivity contribution is 6.22. The molecule has 2 atom stereocenters. The predicted octanol–water partition coefficient (Wildman–Crippen LogP) is 5.47. The fraction of sp³-hybridized carbons (Fsp3) is 0.375. The van der Waals surface area contributed by atoms with E-state index < -0.39 is 0 Å². The molecule has 0 bridgehead atoms. The molecule has 0 saturated carbocycles. The van der Waals surface area contributed by atoms with Crippen LogP contribution in [-0.2, 0) is 0 Å². The molecule has 0 amide bonds. The number of hydrogen-bond donors (Lipinski definition) is 0. The highest BCUT2D eigenvalue weighted by atomic mass is 35.5. The Hall–Kier alpha value is -1.01. The van der Waals surface area contributed by atoms with Gasteiger partial charge in [-0.25, -0.2) is 0 Å². The summed E-state index contributed by atoms with van der Waals surface area (Å²) in [6, 6.07) is 12.8. The summed E-state index contributed by atoms with van der Waals surface area (Å²) in [7, 11) is 0. The largest absolute Gasteiger partial charge is 0.117 e. The van der Waals surface area contributed by atoms with Gasteiger partial charge in [-0.2, -0.15) is 0 Å². The summed E-state index contributed by atoms with van der Waals surface area (Å²) in [6.45, 7) is 6.57. The van der Waals surface area contributed by atoms with E-state index in [0.29, 0.717) is 5.92 Å². The quantitative estimate of drug-likeness (QED) is 0.630. The smallest absolute Gasteiger partial charge is 0.0619 e. The zero-order valence-corrected chi connectivity index (χ0v) is 11.5. The summed E-state index contributed by atoms with van der Waals surface area (Å²) in [6.07, 6.45) is 1.11. The molecule has 90 valence electrons. The molecule has 2 aromatic carbocycles. The Morgan fingerprint density at radius 1 is 1.12 bits per heavy atom. The first-order valence-corrected chi connectivity index (χ1v) is 6.71. The predicted molar refractivity (Wildman–Crippen MR) is 76.7 cm³/mol. The third-order valence-electron chi connectivity index (χ3n) is 3.61. The number of hydrogen-bond acceptors (Lipinski definition) is 0. The molecule has 0 heterocycles. The van der Waals surface area contributed by atoms with Crippen molar-refractivity contribution in [1.29, 1.82) is 0 Å². The fourth-order valence-electron chi connectivity index (χ4n) is 2.26. The maximum atomic E-state index is 6.64. The van der Waals surface area contributed by atoms with Crippen LogP contribution in [-0.4, -0.2) is 0 Å². The van der Waals surface area contributed by atoms with E-state index >= 15 is 0 Å². The molecule has 0 aliphatic carbocycles.